The predicted molar refractivity (Wildman–Crippen MR) is 84.6 cm³/mol. The van der Waals surface area contributed by atoms with Crippen LogP contribution in [-0.2, 0) is 0 Å². The van der Waals surface area contributed by atoms with E-state index in [1.807, 2.05) is 13.1 Å². The van der Waals surface area contributed by atoms with E-state index in [2.05, 4.69) is 53.6 Å². The molecule has 3 nitrogen and oxygen atoms in total. The zero-order valence-electron chi connectivity index (χ0n) is 12.7. The Morgan fingerprint density at radius 3 is 2.57 bits per heavy atom. The number of ether oxygens (including phenoxy) is 1. The monoisotopic (exact) mass is 282 g/mol. The van der Waals surface area contributed by atoms with Gasteiger partial charge in [-0.15, -0.1) is 0 Å². The molecule has 1 aliphatic rings. The fourth-order valence-corrected chi connectivity index (χ4v) is 2.50. The number of benzene rings is 1. The maximum absolute atomic E-state index is 5.81. The van der Waals surface area contributed by atoms with E-state index in [0.29, 0.717) is 6.10 Å². The first-order valence-electron chi connectivity index (χ1n) is 7.69. The first kappa shape index (κ1) is 14.1. The van der Waals surface area contributed by atoms with Crippen molar-refractivity contribution in [3.05, 3.63) is 59.4 Å². The second-order valence-corrected chi connectivity index (χ2v) is 5.61. The lowest BCUT2D eigenvalue weighted by atomic mass is 9.99. The Morgan fingerprint density at radius 1 is 1.19 bits per heavy atom. The van der Waals surface area contributed by atoms with Crippen LogP contribution in [0, 0.1) is 6.92 Å². The van der Waals surface area contributed by atoms with Crippen molar-refractivity contribution in [2.45, 2.75) is 38.8 Å². The van der Waals surface area contributed by atoms with E-state index in [1.54, 1.807) is 0 Å². The van der Waals surface area contributed by atoms with Gasteiger partial charge in [0.1, 0.15) is 5.75 Å². The molecule has 1 aromatic heterocycles. The molecule has 1 saturated carbocycles. The summed E-state index contributed by atoms with van der Waals surface area (Å²) in [5.41, 5.74) is 3.55. The average Bonchev–Trinajstić information content (AvgIpc) is 3.30. The van der Waals surface area contributed by atoms with E-state index in [0.717, 1.165) is 18.0 Å². The molecule has 1 fully saturated rings. The van der Waals surface area contributed by atoms with Gasteiger partial charge in [0.05, 0.1) is 12.1 Å². The van der Waals surface area contributed by atoms with Crippen LogP contribution in [-0.4, -0.2) is 17.6 Å². The van der Waals surface area contributed by atoms with Crippen molar-refractivity contribution < 1.29 is 4.74 Å². The Bertz CT molecular complexity index is 590. The quantitative estimate of drug-likeness (QED) is 0.878. The van der Waals surface area contributed by atoms with Gasteiger partial charge in [-0.05, 0) is 61.7 Å². The summed E-state index contributed by atoms with van der Waals surface area (Å²) >= 11 is 0. The van der Waals surface area contributed by atoms with Crippen LogP contribution < -0.4 is 10.1 Å². The SMILES string of the molecule is CCNC(c1ccc(OC2CC2)cc1)c1ccnc(C)c1. The van der Waals surface area contributed by atoms with Gasteiger partial charge in [-0.3, -0.25) is 4.98 Å². The Morgan fingerprint density at radius 2 is 1.95 bits per heavy atom. The number of nitrogens with one attached hydrogen (secondary N) is 1. The minimum Gasteiger partial charge on any atom is -0.490 e. The van der Waals surface area contributed by atoms with Crippen LogP contribution in [0.2, 0.25) is 0 Å². The zero-order valence-corrected chi connectivity index (χ0v) is 12.7. The third-order valence-electron chi connectivity index (χ3n) is 3.70. The molecular weight excluding hydrogens is 260 g/mol. The number of hydrogen-bond donors (Lipinski definition) is 1. The molecule has 0 aliphatic heterocycles. The van der Waals surface area contributed by atoms with Gasteiger partial charge in [0.2, 0.25) is 0 Å². The van der Waals surface area contributed by atoms with E-state index in [1.165, 1.54) is 24.0 Å². The van der Waals surface area contributed by atoms with Crippen molar-refractivity contribution in [3.8, 4) is 5.75 Å². The molecule has 1 aliphatic carbocycles. The summed E-state index contributed by atoms with van der Waals surface area (Å²) in [5.74, 6) is 0.974. The van der Waals surface area contributed by atoms with Crippen molar-refractivity contribution in [3.63, 3.8) is 0 Å². The Labute approximate surface area is 126 Å². The Kier molecular flexibility index (Phi) is 4.20. The van der Waals surface area contributed by atoms with Gasteiger partial charge < -0.3 is 10.1 Å². The van der Waals surface area contributed by atoms with E-state index in [-0.39, 0.29) is 6.04 Å². The van der Waals surface area contributed by atoms with Crippen LogP contribution in [0.25, 0.3) is 0 Å². The second kappa shape index (κ2) is 6.27. The molecule has 2 aromatic rings. The largest absolute Gasteiger partial charge is 0.490 e. The van der Waals surface area contributed by atoms with Crippen LogP contribution >= 0.6 is 0 Å². The fraction of sp³-hybridized carbons (Fsp3) is 0.389. The Balaban J connectivity index is 1.82. The summed E-state index contributed by atoms with van der Waals surface area (Å²) in [6.45, 7) is 5.08. The highest BCUT2D eigenvalue weighted by molar-refractivity contribution is 5.35. The molecule has 3 heteroatoms. The molecule has 1 unspecified atom stereocenters. The molecule has 1 atom stereocenters. The fourth-order valence-electron chi connectivity index (χ4n) is 2.50. The second-order valence-electron chi connectivity index (χ2n) is 5.61. The normalized spacial score (nSPS) is 15.7. The molecule has 1 heterocycles. The summed E-state index contributed by atoms with van der Waals surface area (Å²) in [6, 6.07) is 12.9. The van der Waals surface area contributed by atoms with E-state index in [9.17, 15) is 0 Å². The first-order valence-corrected chi connectivity index (χ1v) is 7.69. The van der Waals surface area contributed by atoms with Crippen molar-refractivity contribution in [2.24, 2.45) is 0 Å². The van der Waals surface area contributed by atoms with E-state index in [4.69, 9.17) is 4.74 Å². The molecule has 0 spiro atoms. The van der Waals surface area contributed by atoms with E-state index >= 15 is 0 Å². The number of nitrogens with zero attached hydrogens (tertiary/aromatic N) is 1. The van der Waals surface area contributed by atoms with Gasteiger partial charge in [-0.25, -0.2) is 0 Å². The van der Waals surface area contributed by atoms with Gasteiger partial charge in [0.15, 0.2) is 0 Å². The lowest BCUT2D eigenvalue weighted by Crippen LogP contribution is -2.22. The first-order chi connectivity index (χ1) is 10.3. The lowest BCUT2D eigenvalue weighted by molar-refractivity contribution is 0.303. The van der Waals surface area contributed by atoms with Crippen molar-refractivity contribution >= 4 is 0 Å². The third-order valence-corrected chi connectivity index (χ3v) is 3.70. The van der Waals surface area contributed by atoms with Crippen molar-refractivity contribution in [1.82, 2.24) is 10.3 Å². The molecule has 1 N–H and O–H groups in total. The smallest absolute Gasteiger partial charge is 0.119 e. The highest BCUT2D eigenvalue weighted by Crippen LogP contribution is 2.29. The van der Waals surface area contributed by atoms with Gasteiger partial charge >= 0.3 is 0 Å². The average molecular weight is 282 g/mol. The molecular formula is C18H22N2O. The molecule has 0 radical (unpaired) electrons. The number of aryl methyl sites for hydroxylation is 1. The number of hydrogen-bond acceptors (Lipinski definition) is 3. The van der Waals surface area contributed by atoms with Gasteiger partial charge in [0, 0.05) is 11.9 Å². The van der Waals surface area contributed by atoms with Crippen LogP contribution in [0.1, 0.15) is 42.6 Å². The summed E-state index contributed by atoms with van der Waals surface area (Å²) in [4.78, 5) is 4.28. The molecule has 0 saturated heterocycles. The topological polar surface area (TPSA) is 34.1 Å². The highest BCUT2D eigenvalue weighted by atomic mass is 16.5. The summed E-state index contributed by atoms with van der Waals surface area (Å²) in [7, 11) is 0. The van der Waals surface area contributed by atoms with Crippen LogP contribution in [0.15, 0.2) is 42.6 Å². The molecule has 0 amide bonds. The van der Waals surface area contributed by atoms with Crippen LogP contribution in [0.3, 0.4) is 0 Å². The summed E-state index contributed by atoms with van der Waals surface area (Å²) < 4.78 is 5.81. The molecule has 3 rings (SSSR count). The number of aromatic nitrogens is 1. The number of pyridine rings is 1. The zero-order chi connectivity index (χ0) is 14.7. The Hall–Kier alpha value is -1.87. The van der Waals surface area contributed by atoms with Crippen molar-refractivity contribution in [2.75, 3.05) is 6.54 Å². The maximum atomic E-state index is 5.81. The molecule has 21 heavy (non-hydrogen) atoms. The summed E-state index contributed by atoms with van der Waals surface area (Å²) in [6.07, 6.45) is 4.71. The van der Waals surface area contributed by atoms with Gasteiger partial charge in [-0.1, -0.05) is 19.1 Å². The maximum Gasteiger partial charge on any atom is 0.119 e. The van der Waals surface area contributed by atoms with E-state index < -0.39 is 0 Å². The third kappa shape index (κ3) is 3.61. The van der Waals surface area contributed by atoms with Crippen LogP contribution in [0.4, 0.5) is 0 Å². The molecule has 0 bridgehead atoms. The van der Waals surface area contributed by atoms with Crippen molar-refractivity contribution in [1.29, 1.82) is 0 Å². The highest BCUT2D eigenvalue weighted by Gasteiger charge is 2.23. The van der Waals surface area contributed by atoms with Crippen LogP contribution in [0.5, 0.6) is 5.75 Å². The minimum absolute atomic E-state index is 0.201. The molecule has 110 valence electrons. The predicted octanol–water partition coefficient (Wildman–Crippen LogP) is 3.63. The lowest BCUT2D eigenvalue weighted by Gasteiger charge is -2.19. The minimum atomic E-state index is 0.201. The number of rotatable bonds is 6. The van der Waals surface area contributed by atoms with Gasteiger partial charge in [-0.2, -0.15) is 0 Å². The standard InChI is InChI=1S/C18H22N2O/c1-3-19-18(15-10-11-20-13(2)12-15)14-4-6-16(7-5-14)21-17-8-9-17/h4-7,10-12,17-19H,3,8-9H2,1-2H3. The molecule has 1 aromatic carbocycles. The summed E-state index contributed by atoms with van der Waals surface area (Å²) in [5, 5.41) is 3.55. The van der Waals surface area contributed by atoms with Gasteiger partial charge in [0.25, 0.3) is 0 Å².